The minimum atomic E-state index is -1.40. The third kappa shape index (κ3) is 3.33. The molecular formula is C12H13BO3S. The van der Waals surface area contributed by atoms with Gasteiger partial charge in [0.2, 0.25) is 0 Å². The maximum Gasteiger partial charge on any atom is 0.499 e. The first-order valence-corrected chi connectivity index (χ1v) is 6.16. The van der Waals surface area contributed by atoms with Gasteiger partial charge in [0, 0.05) is 4.78 Å². The van der Waals surface area contributed by atoms with Crippen LogP contribution in [-0.4, -0.2) is 17.2 Å². The van der Waals surface area contributed by atoms with Crippen LogP contribution in [0.5, 0.6) is 5.75 Å². The third-order valence-electron chi connectivity index (χ3n) is 2.32. The van der Waals surface area contributed by atoms with E-state index in [-0.39, 0.29) is 0 Å². The lowest BCUT2D eigenvalue weighted by molar-refractivity contribution is 0.306. The number of ether oxygens (including phenoxy) is 1. The fourth-order valence-electron chi connectivity index (χ4n) is 1.48. The second kappa shape index (κ2) is 5.36. The average Bonchev–Trinajstić information content (AvgIpc) is 2.75. The SMILES string of the molecule is Cc1cccc(OCc2csc(B(O)O)c2)c1. The van der Waals surface area contributed by atoms with E-state index in [4.69, 9.17) is 14.8 Å². The van der Waals surface area contributed by atoms with E-state index in [0.717, 1.165) is 16.9 Å². The van der Waals surface area contributed by atoms with E-state index in [0.29, 0.717) is 11.4 Å². The normalized spacial score (nSPS) is 10.3. The van der Waals surface area contributed by atoms with Crippen LogP contribution in [0.25, 0.3) is 0 Å². The second-order valence-corrected chi connectivity index (χ2v) is 4.78. The Morgan fingerprint density at radius 1 is 1.29 bits per heavy atom. The van der Waals surface area contributed by atoms with Crippen molar-refractivity contribution >= 4 is 23.2 Å². The van der Waals surface area contributed by atoms with Gasteiger partial charge in [-0.25, -0.2) is 0 Å². The fraction of sp³-hybridized carbons (Fsp3) is 0.167. The maximum atomic E-state index is 8.98. The van der Waals surface area contributed by atoms with Crippen molar-refractivity contribution in [3.63, 3.8) is 0 Å². The molecule has 0 aliphatic rings. The van der Waals surface area contributed by atoms with Gasteiger partial charge in [0.05, 0.1) is 0 Å². The summed E-state index contributed by atoms with van der Waals surface area (Å²) in [5.74, 6) is 0.822. The van der Waals surface area contributed by atoms with Crippen molar-refractivity contribution < 1.29 is 14.8 Å². The van der Waals surface area contributed by atoms with Crippen molar-refractivity contribution in [3.05, 3.63) is 46.8 Å². The fourth-order valence-corrected chi connectivity index (χ4v) is 2.24. The number of hydrogen-bond donors (Lipinski definition) is 2. The van der Waals surface area contributed by atoms with Crippen LogP contribution in [0, 0.1) is 6.92 Å². The van der Waals surface area contributed by atoms with Gasteiger partial charge in [-0.2, -0.15) is 11.3 Å². The summed E-state index contributed by atoms with van der Waals surface area (Å²) in [6.45, 7) is 2.45. The summed E-state index contributed by atoms with van der Waals surface area (Å²) in [5.41, 5.74) is 2.10. The van der Waals surface area contributed by atoms with E-state index in [2.05, 4.69) is 0 Å². The van der Waals surface area contributed by atoms with Gasteiger partial charge in [0.25, 0.3) is 0 Å². The summed E-state index contributed by atoms with van der Waals surface area (Å²) < 4.78 is 6.14. The van der Waals surface area contributed by atoms with Gasteiger partial charge in [0.15, 0.2) is 0 Å². The smallest absolute Gasteiger partial charge is 0.489 e. The first-order chi connectivity index (χ1) is 8.15. The van der Waals surface area contributed by atoms with Crippen molar-refractivity contribution in [3.8, 4) is 5.75 Å². The van der Waals surface area contributed by atoms with Crippen LogP contribution in [0.15, 0.2) is 35.7 Å². The molecule has 2 rings (SSSR count). The first kappa shape index (κ1) is 12.2. The number of thiophene rings is 1. The Balaban J connectivity index is 1.97. The predicted octanol–water partition coefficient (Wildman–Crippen LogP) is 1.32. The highest BCUT2D eigenvalue weighted by molar-refractivity contribution is 7.20. The van der Waals surface area contributed by atoms with Crippen molar-refractivity contribution in [2.45, 2.75) is 13.5 Å². The van der Waals surface area contributed by atoms with E-state index in [1.54, 1.807) is 6.07 Å². The molecule has 0 spiro atoms. The molecule has 0 fully saturated rings. The van der Waals surface area contributed by atoms with Crippen molar-refractivity contribution in [2.24, 2.45) is 0 Å². The van der Waals surface area contributed by atoms with Gasteiger partial charge in [-0.05, 0) is 41.6 Å². The second-order valence-electron chi connectivity index (χ2n) is 3.84. The molecule has 88 valence electrons. The molecule has 0 aliphatic heterocycles. The highest BCUT2D eigenvalue weighted by atomic mass is 32.1. The number of benzene rings is 1. The zero-order valence-corrected chi connectivity index (χ0v) is 10.3. The summed E-state index contributed by atoms with van der Waals surface area (Å²) in [6, 6.07) is 9.57. The van der Waals surface area contributed by atoms with Gasteiger partial charge in [0.1, 0.15) is 12.4 Å². The lowest BCUT2D eigenvalue weighted by Crippen LogP contribution is -2.26. The number of aryl methyl sites for hydroxylation is 1. The predicted molar refractivity (Wildman–Crippen MR) is 69.7 cm³/mol. The molecular weight excluding hydrogens is 235 g/mol. The molecule has 2 aromatic rings. The molecule has 0 bridgehead atoms. The average molecular weight is 248 g/mol. The number of hydrogen-bond acceptors (Lipinski definition) is 4. The van der Waals surface area contributed by atoms with E-state index in [1.807, 2.05) is 36.6 Å². The summed E-state index contributed by atoms with van der Waals surface area (Å²) in [5, 5.41) is 19.8. The van der Waals surface area contributed by atoms with E-state index >= 15 is 0 Å². The molecule has 0 unspecified atom stereocenters. The van der Waals surface area contributed by atoms with Crippen LogP contribution in [0.4, 0.5) is 0 Å². The van der Waals surface area contributed by atoms with Gasteiger partial charge < -0.3 is 14.8 Å². The zero-order chi connectivity index (χ0) is 12.3. The van der Waals surface area contributed by atoms with Crippen LogP contribution in [0.1, 0.15) is 11.1 Å². The molecule has 5 heteroatoms. The Morgan fingerprint density at radius 2 is 2.12 bits per heavy atom. The largest absolute Gasteiger partial charge is 0.499 e. The summed E-state index contributed by atoms with van der Waals surface area (Å²) in [7, 11) is -1.40. The van der Waals surface area contributed by atoms with Gasteiger partial charge in [-0.15, -0.1) is 0 Å². The first-order valence-electron chi connectivity index (χ1n) is 5.28. The van der Waals surface area contributed by atoms with Crippen LogP contribution in [-0.2, 0) is 6.61 Å². The topological polar surface area (TPSA) is 49.7 Å². The molecule has 17 heavy (non-hydrogen) atoms. The lowest BCUT2D eigenvalue weighted by Gasteiger charge is -2.05. The lowest BCUT2D eigenvalue weighted by atomic mass is 9.89. The Bertz CT molecular complexity index is 496. The summed E-state index contributed by atoms with van der Waals surface area (Å²) in [4.78, 5) is 0. The van der Waals surface area contributed by atoms with E-state index < -0.39 is 7.12 Å². The van der Waals surface area contributed by atoms with Gasteiger partial charge in [-0.3, -0.25) is 0 Å². The van der Waals surface area contributed by atoms with Crippen LogP contribution in [0.3, 0.4) is 0 Å². The Morgan fingerprint density at radius 3 is 2.76 bits per heavy atom. The number of rotatable bonds is 4. The molecule has 3 nitrogen and oxygen atoms in total. The minimum Gasteiger partial charge on any atom is -0.489 e. The van der Waals surface area contributed by atoms with E-state index in [9.17, 15) is 0 Å². The highest BCUT2D eigenvalue weighted by Crippen LogP contribution is 2.15. The molecule has 0 saturated carbocycles. The molecule has 2 N–H and O–H groups in total. The van der Waals surface area contributed by atoms with Crippen LogP contribution >= 0.6 is 11.3 Å². The highest BCUT2D eigenvalue weighted by Gasteiger charge is 2.13. The standard InChI is InChI=1S/C12H13BO3S/c1-9-3-2-4-11(5-9)16-7-10-6-12(13(14)15)17-8-10/h2-6,8,14-15H,7H2,1H3. The van der Waals surface area contributed by atoms with E-state index in [1.165, 1.54) is 11.3 Å². The molecule has 1 aromatic heterocycles. The summed E-state index contributed by atoms with van der Waals surface area (Å²) in [6.07, 6.45) is 0. The maximum absolute atomic E-state index is 8.98. The van der Waals surface area contributed by atoms with Crippen molar-refractivity contribution in [2.75, 3.05) is 0 Å². The summed E-state index contributed by atoms with van der Waals surface area (Å²) >= 11 is 1.32. The van der Waals surface area contributed by atoms with Crippen molar-refractivity contribution in [1.29, 1.82) is 0 Å². The van der Waals surface area contributed by atoms with Gasteiger partial charge >= 0.3 is 7.12 Å². The minimum absolute atomic E-state index is 0.437. The Kier molecular flexibility index (Phi) is 3.84. The molecule has 0 aliphatic carbocycles. The third-order valence-corrected chi connectivity index (χ3v) is 3.34. The monoisotopic (exact) mass is 248 g/mol. The molecule has 0 amide bonds. The Hall–Kier alpha value is -1.30. The molecule has 0 saturated heterocycles. The quantitative estimate of drug-likeness (QED) is 0.802. The Labute approximate surface area is 104 Å². The molecule has 0 radical (unpaired) electrons. The van der Waals surface area contributed by atoms with Gasteiger partial charge in [-0.1, -0.05) is 12.1 Å². The molecule has 1 aromatic carbocycles. The molecule has 0 atom stereocenters. The van der Waals surface area contributed by atoms with Crippen molar-refractivity contribution in [1.82, 2.24) is 0 Å². The van der Waals surface area contributed by atoms with Crippen LogP contribution < -0.4 is 9.51 Å². The molecule has 1 heterocycles. The zero-order valence-electron chi connectivity index (χ0n) is 9.46. The van der Waals surface area contributed by atoms with Crippen LogP contribution in [0.2, 0.25) is 0 Å².